The van der Waals surface area contributed by atoms with Crippen molar-refractivity contribution >= 4 is 24.1 Å². The highest BCUT2D eigenvalue weighted by Gasteiger charge is 2.10. The van der Waals surface area contributed by atoms with Crippen molar-refractivity contribution in [3.63, 3.8) is 0 Å². The predicted octanol–water partition coefficient (Wildman–Crippen LogP) is 1.16. The van der Waals surface area contributed by atoms with Gasteiger partial charge in [0.25, 0.3) is 6.47 Å². The molecule has 0 aliphatic carbocycles. The van der Waals surface area contributed by atoms with Crippen LogP contribution in [0.4, 0.5) is 0 Å². The number of hydrogen-bond acceptors (Lipinski definition) is 4. The summed E-state index contributed by atoms with van der Waals surface area (Å²) < 4.78 is 4.50. The largest absolute Gasteiger partial charge is 0.451 e. The van der Waals surface area contributed by atoms with Gasteiger partial charge in [0.15, 0.2) is 12.4 Å². The van der Waals surface area contributed by atoms with E-state index < -0.39 is 6.10 Å². The summed E-state index contributed by atoms with van der Waals surface area (Å²) in [4.78, 5) is 21.0. The molecule has 3 nitrogen and oxygen atoms in total. The van der Waals surface area contributed by atoms with Crippen LogP contribution in [0.2, 0.25) is 0 Å². The number of aldehydes is 1. The molecule has 0 amide bonds. The average Bonchev–Trinajstić information content (AvgIpc) is 2.52. The Bertz CT molecular complexity index is 230. The molecule has 0 saturated heterocycles. The average molecular weight is 170 g/mol. The SMILES string of the molecule is O=COC(C=O)c1cccs1. The second kappa shape index (κ2) is 3.88. The number of rotatable bonds is 4. The lowest BCUT2D eigenvalue weighted by atomic mass is 10.3. The van der Waals surface area contributed by atoms with Crippen molar-refractivity contribution in [1.82, 2.24) is 0 Å². The summed E-state index contributed by atoms with van der Waals surface area (Å²) in [5.74, 6) is 0. The molecular formula is C7H6O3S. The quantitative estimate of drug-likeness (QED) is 0.637. The minimum atomic E-state index is -0.729. The van der Waals surface area contributed by atoms with Gasteiger partial charge >= 0.3 is 0 Å². The molecule has 4 heteroatoms. The maximum atomic E-state index is 10.3. The highest BCUT2D eigenvalue weighted by molar-refractivity contribution is 7.10. The van der Waals surface area contributed by atoms with Crippen molar-refractivity contribution in [2.45, 2.75) is 6.10 Å². The van der Waals surface area contributed by atoms with Crippen molar-refractivity contribution < 1.29 is 14.3 Å². The van der Waals surface area contributed by atoms with Gasteiger partial charge in [-0.05, 0) is 11.4 Å². The fraction of sp³-hybridized carbons (Fsp3) is 0.143. The first-order valence-electron chi connectivity index (χ1n) is 2.96. The van der Waals surface area contributed by atoms with Crippen LogP contribution in [0, 0.1) is 0 Å². The fourth-order valence-corrected chi connectivity index (χ4v) is 1.40. The first kappa shape index (κ1) is 7.94. The van der Waals surface area contributed by atoms with Crippen LogP contribution in [0.5, 0.6) is 0 Å². The van der Waals surface area contributed by atoms with E-state index in [1.165, 1.54) is 11.3 Å². The summed E-state index contributed by atoms with van der Waals surface area (Å²) in [7, 11) is 0. The Morgan fingerprint density at radius 2 is 2.36 bits per heavy atom. The van der Waals surface area contributed by atoms with Gasteiger partial charge in [0.1, 0.15) is 0 Å². The zero-order valence-corrected chi connectivity index (χ0v) is 6.41. The Morgan fingerprint density at radius 1 is 1.55 bits per heavy atom. The third-order valence-corrected chi connectivity index (χ3v) is 2.08. The molecule has 0 radical (unpaired) electrons. The maximum Gasteiger partial charge on any atom is 0.294 e. The summed E-state index contributed by atoms with van der Waals surface area (Å²) in [6.45, 7) is 0.277. The lowest BCUT2D eigenvalue weighted by Gasteiger charge is -2.03. The molecule has 0 aliphatic heterocycles. The van der Waals surface area contributed by atoms with Crippen LogP contribution in [0.3, 0.4) is 0 Å². The molecule has 0 bridgehead atoms. The predicted molar refractivity (Wildman–Crippen MR) is 40.3 cm³/mol. The van der Waals surface area contributed by atoms with E-state index in [0.29, 0.717) is 6.29 Å². The summed E-state index contributed by atoms with van der Waals surface area (Å²) in [5, 5.41) is 1.82. The molecule has 1 aromatic rings. The van der Waals surface area contributed by atoms with Crippen LogP contribution in [0.1, 0.15) is 11.0 Å². The molecule has 0 aliphatic rings. The zero-order valence-electron chi connectivity index (χ0n) is 5.60. The van der Waals surface area contributed by atoms with Gasteiger partial charge in [0, 0.05) is 0 Å². The van der Waals surface area contributed by atoms with Crippen LogP contribution in [-0.2, 0) is 14.3 Å². The lowest BCUT2D eigenvalue weighted by Crippen LogP contribution is -2.01. The molecule has 0 N–H and O–H groups in total. The number of ether oxygens (including phenoxy) is 1. The van der Waals surface area contributed by atoms with Gasteiger partial charge in [-0.2, -0.15) is 0 Å². The summed E-state index contributed by atoms with van der Waals surface area (Å²) in [5.41, 5.74) is 0. The third-order valence-electron chi connectivity index (χ3n) is 1.15. The van der Waals surface area contributed by atoms with E-state index in [1.807, 2.05) is 5.38 Å². The second-order valence-corrected chi connectivity index (χ2v) is 2.78. The smallest absolute Gasteiger partial charge is 0.294 e. The molecule has 1 heterocycles. The molecule has 1 atom stereocenters. The zero-order chi connectivity index (χ0) is 8.10. The van der Waals surface area contributed by atoms with E-state index in [0.717, 1.165) is 4.88 Å². The Labute approximate surface area is 67.6 Å². The van der Waals surface area contributed by atoms with E-state index in [-0.39, 0.29) is 6.47 Å². The van der Waals surface area contributed by atoms with Crippen molar-refractivity contribution in [1.29, 1.82) is 0 Å². The van der Waals surface area contributed by atoms with E-state index >= 15 is 0 Å². The van der Waals surface area contributed by atoms with Crippen molar-refractivity contribution in [2.75, 3.05) is 0 Å². The number of carbonyl (C=O) groups is 2. The molecule has 58 valence electrons. The molecule has 1 rings (SSSR count). The van der Waals surface area contributed by atoms with Gasteiger partial charge in [-0.3, -0.25) is 9.59 Å². The Hall–Kier alpha value is -1.16. The van der Waals surface area contributed by atoms with E-state index in [1.54, 1.807) is 12.1 Å². The van der Waals surface area contributed by atoms with E-state index in [4.69, 9.17) is 0 Å². The molecule has 1 unspecified atom stereocenters. The standard InChI is InChI=1S/C7H6O3S/c8-4-6(10-5-9)7-2-1-3-11-7/h1-6H. The molecule has 0 fully saturated rings. The number of hydrogen-bond donors (Lipinski definition) is 0. The molecular weight excluding hydrogens is 164 g/mol. The Balaban J connectivity index is 2.70. The Morgan fingerprint density at radius 3 is 2.82 bits per heavy atom. The minimum Gasteiger partial charge on any atom is -0.451 e. The monoisotopic (exact) mass is 170 g/mol. The summed E-state index contributed by atoms with van der Waals surface area (Å²) in [6.07, 6.45) is -0.132. The topological polar surface area (TPSA) is 43.4 Å². The van der Waals surface area contributed by atoms with Crippen molar-refractivity contribution in [3.05, 3.63) is 22.4 Å². The van der Waals surface area contributed by atoms with Gasteiger partial charge in [-0.25, -0.2) is 0 Å². The van der Waals surface area contributed by atoms with Gasteiger partial charge in [-0.15, -0.1) is 11.3 Å². The first-order chi connectivity index (χ1) is 5.38. The van der Waals surface area contributed by atoms with Crippen LogP contribution in [0.25, 0.3) is 0 Å². The molecule has 1 aromatic heterocycles. The lowest BCUT2D eigenvalue weighted by molar-refractivity contribution is -0.138. The van der Waals surface area contributed by atoms with Crippen LogP contribution in [-0.4, -0.2) is 12.8 Å². The second-order valence-electron chi connectivity index (χ2n) is 1.80. The summed E-state index contributed by atoms with van der Waals surface area (Å²) >= 11 is 1.38. The van der Waals surface area contributed by atoms with Gasteiger partial charge in [-0.1, -0.05) is 6.07 Å². The molecule has 11 heavy (non-hydrogen) atoms. The highest BCUT2D eigenvalue weighted by Crippen LogP contribution is 2.19. The van der Waals surface area contributed by atoms with Crippen LogP contribution >= 0.6 is 11.3 Å². The van der Waals surface area contributed by atoms with Gasteiger partial charge in [0.05, 0.1) is 4.88 Å². The fourth-order valence-electron chi connectivity index (χ4n) is 0.679. The highest BCUT2D eigenvalue weighted by atomic mass is 32.1. The first-order valence-corrected chi connectivity index (χ1v) is 3.84. The number of carbonyl (C=O) groups excluding carboxylic acids is 2. The maximum absolute atomic E-state index is 10.3. The van der Waals surface area contributed by atoms with E-state index in [9.17, 15) is 9.59 Å². The van der Waals surface area contributed by atoms with Gasteiger partial charge < -0.3 is 4.74 Å². The Kier molecular flexibility index (Phi) is 2.80. The molecule has 0 saturated carbocycles. The van der Waals surface area contributed by atoms with Crippen LogP contribution in [0.15, 0.2) is 17.5 Å². The number of thiophene rings is 1. The van der Waals surface area contributed by atoms with Crippen molar-refractivity contribution in [2.24, 2.45) is 0 Å². The third kappa shape index (κ3) is 1.88. The molecule has 0 aromatic carbocycles. The summed E-state index contributed by atoms with van der Waals surface area (Å²) in [6, 6.07) is 3.54. The minimum absolute atomic E-state index is 0.277. The van der Waals surface area contributed by atoms with Gasteiger partial charge in [0.2, 0.25) is 0 Å². The van der Waals surface area contributed by atoms with E-state index in [2.05, 4.69) is 4.74 Å². The molecule has 0 spiro atoms. The normalized spacial score (nSPS) is 12.0. The van der Waals surface area contributed by atoms with Crippen LogP contribution < -0.4 is 0 Å². The van der Waals surface area contributed by atoms with Crippen molar-refractivity contribution in [3.8, 4) is 0 Å².